The molecular formula is C5H10ClNO. The van der Waals surface area contributed by atoms with Gasteiger partial charge in [0.15, 0.2) is 5.78 Å². The number of nitrogens with two attached hydrogens (primary N) is 1. The maximum absolute atomic E-state index is 10.2. The molecule has 0 aromatic rings. The van der Waals surface area contributed by atoms with Crippen molar-refractivity contribution in [2.75, 3.05) is 6.54 Å². The van der Waals surface area contributed by atoms with E-state index in [-0.39, 0.29) is 18.2 Å². The van der Waals surface area contributed by atoms with Gasteiger partial charge < -0.3 is 5.73 Å². The van der Waals surface area contributed by atoms with E-state index >= 15 is 0 Å². The van der Waals surface area contributed by atoms with E-state index in [0.717, 1.165) is 0 Å². The van der Waals surface area contributed by atoms with Crippen molar-refractivity contribution in [1.29, 1.82) is 0 Å². The summed E-state index contributed by atoms with van der Waals surface area (Å²) in [7, 11) is 0. The van der Waals surface area contributed by atoms with Crippen LogP contribution in [0.25, 0.3) is 0 Å². The zero-order chi connectivity index (χ0) is 5.70. The second kappa shape index (κ2) is 6.66. The number of hydrogen-bond acceptors (Lipinski definition) is 2. The first-order valence-electron chi connectivity index (χ1n) is 2.16. The zero-order valence-electron chi connectivity index (χ0n) is 4.59. The van der Waals surface area contributed by atoms with Crippen LogP contribution in [-0.2, 0) is 4.79 Å². The summed E-state index contributed by atoms with van der Waals surface area (Å²) in [5, 5.41) is 0. The summed E-state index contributed by atoms with van der Waals surface area (Å²) in [6.07, 6.45) is 1.70. The van der Waals surface area contributed by atoms with Crippen molar-refractivity contribution in [2.45, 2.75) is 6.42 Å². The van der Waals surface area contributed by atoms with Crippen molar-refractivity contribution in [3.63, 3.8) is 0 Å². The molecule has 0 aromatic carbocycles. The molecule has 0 radical (unpaired) electrons. The highest BCUT2D eigenvalue weighted by atomic mass is 35.5. The van der Waals surface area contributed by atoms with Gasteiger partial charge in [0.2, 0.25) is 0 Å². The molecular weight excluding hydrogens is 126 g/mol. The lowest BCUT2D eigenvalue weighted by Gasteiger charge is -1.83. The minimum atomic E-state index is 0. The fourth-order valence-electron chi connectivity index (χ4n) is 0.244. The summed E-state index contributed by atoms with van der Waals surface area (Å²) >= 11 is 0. The predicted molar refractivity (Wildman–Crippen MR) is 36.1 cm³/mol. The molecule has 3 heteroatoms. The molecule has 0 unspecified atom stereocenters. The molecule has 0 heterocycles. The van der Waals surface area contributed by atoms with Gasteiger partial charge in [0.05, 0.1) is 0 Å². The van der Waals surface area contributed by atoms with Gasteiger partial charge in [-0.05, 0) is 12.6 Å². The van der Waals surface area contributed by atoms with Gasteiger partial charge in [-0.25, -0.2) is 0 Å². The molecule has 0 rings (SSSR count). The van der Waals surface area contributed by atoms with E-state index in [1.54, 1.807) is 0 Å². The quantitative estimate of drug-likeness (QED) is 0.574. The highest BCUT2D eigenvalue weighted by molar-refractivity contribution is 5.89. The predicted octanol–water partition coefficient (Wildman–Crippen LogP) is 0.512. The molecule has 0 bridgehead atoms. The SMILES string of the molecule is C=CC(=O)CCN.Cl. The van der Waals surface area contributed by atoms with E-state index in [1.807, 2.05) is 0 Å². The number of rotatable bonds is 3. The molecule has 8 heavy (non-hydrogen) atoms. The summed E-state index contributed by atoms with van der Waals surface area (Å²) in [6.45, 7) is 3.70. The molecule has 0 amide bonds. The second-order valence-corrected chi connectivity index (χ2v) is 1.21. The van der Waals surface area contributed by atoms with Crippen molar-refractivity contribution >= 4 is 18.2 Å². The Kier molecular flexibility index (Phi) is 8.83. The van der Waals surface area contributed by atoms with E-state index in [9.17, 15) is 4.79 Å². The van der Waals surface area contributed by atoms with Crippen LogP contribution < -0.4 is 5.73 Å². The van der Waals surface area contributed by atoms with Gasteiger partial charge in [-0.2, -0.15) is 0 Å². The summed E-state index contributed by atoms with van der Waals surface area (Å²) in [5.74, 6) is 0.0162. The third kappa shape index (κ3) is 5.66. The Morgan fingerprint density at radius 2 is 2.25 bits per heavy atom. The lowest BCUT2D eigenvalue weighted by molar-refractivity contribution is -0.114. The molecule has 2 nitrogen and oxygen atoms in total. The average Bonchev–Trinajstić information content (AvgIpc) is 1.68. The molecule has 0 aliphatic heterocycles. The summed E-state index contributed by atoms with van der Waals surface area (Å²) in [5.41, 5.74) is 5.04. The van der Waals surface area contributed by atoms with Crippen LogP contribution in [0.15, 0.2) is 12.7 Å². The molecule has 0 fully saturated rings. The first-order valence-corrected chi connectivity index (χ1v) is 2.16. The van der Waals surface area contributed by atoms with E-state index in [4.69, 9.17) is 5.73 Å². The standard InChI is InChI=1S/C5H9NO.ClH/c1-2-5(7)3-4-6;/h2H,1,3-4,6H2;1H. The highest BCUT2D eigenvalue weighted by Gasteiger charge is 1.87. The minimum Gasteiger partial charge on any atom is -0.330 e. The van der Waals surface area contributed by atoms with Crippen LogP contribution in [0.5, 0.6) is 0 Å². The average molecular weight is 136 g/mol. The summed E-state index contributed by atoms with van der Waals surface area (Å²) in [6, 6.07) is 0. The number of hydrogen-bond donors (Lipinski definition) is 1. The maximum atomic E-state index is 10.2. The number of allylic oxidation sites excluding steroid dienone is 1. The van der Waals surface area contributed by atoms with Crippen LogP contribution in [0.1, 0.15) is 6.42 Å². The molecule has 0 atom stereocenters. The van der Waals surface area contributed by atoms with E-state index in [1.165, 1.54) is 6.08 Å². The monoisotopic (exact) mass is 135 g/mol. The Hall–Kier alpha value is -0.340. The third-order valence-corrected chi connectivity index (χ3v) is 0.618. The summed E-state index contributed by atoms with van der Waals surface area (Å²) < 4.78 is 0. The first-order chi connectivity index (χ1) is 3.31. The Labute approximate surface area is 55.2 Å². The second-order valence-electron chi connectivity index (χ2n) is 1.21. The van der Waals surface area contributed by atoms with Crippen molar-refractivity contribution in [3.05, 3.63) is 12.7 Å². The minimum absolute atomic E-state index is 0. The van der Waals surface area contributed by atoms with Gasteiger partial charge in [0.25, 0.3) is 0 Å². The molecule has 48 valence electrons. The molecule has 0 saturated heterocycles. The van der Waals surface area contributed by atoms with Crippen LogP contribution in [0, 0.1) is 0 Å². The third-order valence-electron chi connectivity index (χ3n) is 0.618. The Bertz CT molecular complexity index is 82.5. The van der Waals surface area contributed by atoms with Crippen molar-refractivity contribution in [2.24, 2.45) is 5.73 Å². The summed E-state index contributed by atoms with van der Waals surface area (Å²) in [4.78, 5) is 10.2. The Balaban J connectivity index is 0. The molecule has 0 aliphatic carbocycles. The molecule has 2 N–H and O–H groups in total. The first kappa shape index (κ1) is 10.6. The maximum Gasteiger partial charge on any atom is 0.156 e. The Morgan fingerprint density at radius 1 is 1.75 bits per heavy atom. The van der Waals surface area contributed by atoms with Crippen LogP contribution in [-0.4, -0.2) is 12.3 Å². The number of ketones is 1. The highest BCUT2D eigenvalue weighted by Crippen LogP contribution is 1.76. The molecule has 0 saturated carbocycles. The molecule has 0 aliphatic rings. The topological polar surface area (TPSA) is 43.1 Å². The van der Waals surface area contributed by atoms with E-state index in [0.29, 0.717) is 13.0 Å². The lowest BCUT2D eigenvalue weighted by Crippen LogP contribution is -2.04. The van der Waals surface area contributed by atoms with Gasteiger partial charge in [0, 0.05) is 6.42 Å². The van der Waals surface area contributed by atoms with Crippen LogP contribution in [0.3, 0.4) is 0 Å². The molecule has 0 aromatic heterocycles. The largest absolute Gasteiger partial charge is 0.330 e. The Morgan fingerprint density at radius 3 is 2.38 bits per heavy atom. The zero-order valence-corrected chi connectivity index (χ0v) is 5.41. The van der Waals surface area contributed by atoms with Gasteiger partial charge in [-0.1, -0.05) is 6.58 Å². The number of carbonyl (C=O) groups excluding carboxylic acids is 1. The van der Waals surface area contributed by atoms with Crippen LogP contribution in [0.2, 0.25) is 0 Å². The lowest BCUT2D eigenvalue weighted by atomic mass is 10.3. The van der Waals surface area contributed by atoms with Gasteiger partial charge in [-0.15, -0.1) is 12.4 Å². The van der Waals surface area contributed by atoms with E-state index in [2.05, 4.69) is 6.58 Å². The van der Waals surface area contributed by atoms with Gasteiger partial charge in [-0.3, -0.25) is 4.79 Å². The number of halogens is 1. The van der Waals surface area contributed by atoms with Gasteiger partial charge >= 0.3 is 0 Å². The molecule has 0 spiro atoms. The number of carbonyl (C=O) groups is 1. The normalized spacial score (nSPS) is 7.12. The van der Waals surface area contributed by atoms with Crippen LogP contribution in [0.4, 0.5) is 0 Å². The van der Waals surface area contributed by atoms with Crippen molar-refractivity contribution in [1.82, 2.24) is 0 Å². The van der Waals surface area contributed by atoms with Crippen molar-refractivity contribution < 1.29 is 4.79 Å². The smallest absolute Gasteiger partial charge is 0.156 e. The fourth-order valence-corrected chi connectivity index (χ4v) is 0.244. The van der Waals surface area contributed by atoms with Crippen LogP contribution >= 0.6 is 12.4 Å². The van der Waals surface area contributed by atoms with Crippen molar-refractivity contribution in [3.8, 4) is 0 Å². The van der Waals surface area contributed by atoms with E-state index < -0.39 is 0 Å². The van der Waals surface area contributed by atoms with Gasteiger partial charge in [0.1, 0.15) is 0 Å². The fraction of sp³-hybridized carbons (Fsp3) is 0.400.